The molecular formula is C33H22N2. The SMILES string of the molecule is c1ccc2c(c1)Cc1cc3c(cc1-2)Cc1cc2c(cc1-3)Cc1cccc3c1N2c1cccnc1C3. The molecule has 0 bridgehead atoms. The van der Waals surface area contributed by atoms with Crippen molar-refractivity contribution >= 4 is 17.1 Å². The molecule has 2 heteroatoms. The van der Waals surface area contributed by atoms with E-state index in [9.17, 15) is 0 Å². The van der Waals surface area contributed by atoms with Crippen LogP contribution in [0.15, 0.2) is 85.1 Å². The van der Waals surface area contributed by atoms with Crippen molar-refractivity contribution in [3.8, 4) is 22.3 Å². The maximum absolute atomic E-state index is 4.76. The zero-order chi connectivity index (χ0) is 22.7. The highest BCUT2D eigenvalue weighted by molar-refractivity contribution is 5.92. The van der Waals surface area contributed by atoms with Crippen LogP contribution < -0.4 is 4.90 Å². The molecule has 0 amide bonds. The number of rotatable bonds is 0. The Balaban J connectivity index is 1.23. The Bertz CT molecular complexity index is 1760. The Morgan fingerprint density at radius 3 is 2.03 bits per heavy atom. The summed E-state index contributed by atoms with van der Waals surface area (Å²) in [7, 11) is 0. The topological polar surface area (TPSA) is 16.1 Å². The van der Waals surface area contributed by atoms with E-state index in [1.165, 1.54) is 84.0 Å². The molecule has 2 nitrogen and oxygen atoms in total. The van der Waals surface area contributed by atoms with Gasteiger partial charge in [0.15, 0.2) is 0 Å². The first-order valence-corrected chi connectivity index (χ1v) is 12.6. The number of nitrogens with zero attached hydrogens (tertiary/aromatic N) is 2. The van der Waals surface area contributed by atoms with Crippen molar-refractivity contribution in [2.75, 3.05) is 4.90 Å². The fourth-order valence-corrected chi connectivity index (χ4v) is 7.00. The van der Waals surface area contributed by atoms with Gasteiger partial charge in [-0.1, -0.05) is 42.5 Å². The van der Waals surface area contributed by atoms with Crippen LogP contribution in [0, 0.1) is 0 Å². The zero-order valence-corrected chi connectivity index (χ0v) is 19.3. The Labute approximate surface area is 204 Å². The summed E-state index contributed by atoms with van der Waals surface area (Å²) >= 11 is 0. The van der Waals surface area contributed by atoms with Crippen LogP contribution in [0.3, 0.4) is 0 Å². The van der Waals surface area contributed by atoms with Crippen molar-refractivity contribution in [3.63, 3.8) is 0 Å². The van der Waals surface area contributed by atoms with E-state index < -0.39 is 0 Å². The summed E-state index contributed by atoms with van der Waals surface area (Å²) in [5.74, 6) is 0. The van der Waals surface area contributed by atoms with Crippen LogP contribution in [0.4, 0.5) is 17.1 Å². The number of hydrogen-bond donors (Lipinski definition) is 0. The average molecular weight is 447 g/mol. The minimum absolute atomic E-state index is 0.911. The molecular weight excluding hydrogens is 424 g/mol. The van der Waals surface area contributed by atoms with Gasteiger partial charge in [-0.25, -0.2) is 0 Å². The van der Waals surface area contributed by atoms with Gasteiger partial charge in [-0.2, -0.15) is 0 Å². The predicted molar refractivity (Wildman–Crippen MR) is 141 cm³/mol. The predicted octanol–water partition coefficient (Wildman–Crippen LogP) is 7.50. The summed E-state index contributed by atoms with van der Waals surface area (Å²) in [6.07, 6.45) is 5.88. The van der Waals surface area contributed by atoms with Crippen LogP contribution >= 0.6 is 0 Å². The standard InChI is InChI=1S/C33H22N2/c1-2-8-26-19(5-1)11-22-15-28-23(14-27(22)26)13-24-18-32-25(16-29(24)28)12-20-6-3-7-21-17-30-31(9-4-10-34-30)35(32)33(20)21/h1-10,14-16,18H,11-13,17H2. The number of fused-ring (bicyclic) bond motifs is 10. The van der Waals surface area contributed by atoms with Crippen molar-refractivity contribution in [1.82, 2.24) is 4.98 Å². The van der Waals surface area contributed by atoms with E-state index in [2.05, 4.69) is 83.8 Å². The number of benzene rings is 4. The lowest BCUT2D eigenvalue weighted by atomic mass is 9.86. The first-order chi connectivity index (χ1) is 17.3. The molecule has 0 fully saturated rings. The zero-order valence-electron chi connectivity index (χ0n) is 19.3. The number of anilines is 3. The van der Waals surface area contributed by atoms with Crippen molar-refractivity contribution < 1.29 is 0 Å². The summed E-state index contributed by atoms with van der Waals surface area (Å²) in [5, 5.41) is 0. The Kier molecular flexibility index (Phi) is 3.27. The molecule has 0 unspecified atom stereocenters. The van der Waals surface area contributed by atoms with Gasteiger partial charge in [-0.15, -0.1) is 0 Å². The maximum Gasteiger partial charge on any atom is 0.0688 e. The van der Waals surface area contributed by atoms with E-state index >= 15 is 0 Å². The molecule has 0 saturated carbocycles. The van der Waals surface area contributed by atoms with E-state index in [1.807, 2.05) is 6.20 Å². The highest BCUT2D eigenvalue weighted by Crippen LogP contribution is 2.53. The molecule has 2 aliphatic carbocycles. The average Bonchev–Trinajstić information content (AvgIpc) is 3.43. The van der Waals surface area contributed by atoms with Gasteiger partial charge in [-0.3, -0.25) is 4.98 Å². The summed E-state index contributed by atoms with van der Waals surface area (Å²) in [4.78, 5) is 7.25. The lowest BCUT2D eigenvalue weighted by Crippen LogP contribution is -2.25. The van der Waals surface area contributed by atoms with Crippen molar-refractivity contribution in [2.24, 2.45) is 0 Å². The third kappa shape index (κ3) is 2.32. The molecule has 5 aromatic rings. The molecule has 0 spiro atoms. The Morgan fingerprint density at radius 2 is 1.14 bits per heavy atom. The van der Waals surface area contributed by atoms with Gasteiger partial charge < -0.3 is 4.90 Å². The Morgan fingerprint density at radius 1 is 0.486 bits per heavy atom. The minimum atomic E-state index is 0.911. The van der Waals surface area contributed by atoms with Gasteiger partial charge in [0.05, 0.1) is 22.8 Å². The van der Waals surface area contributed by atoms with E-state index in [4.69, 9.17) is 4.98 Å². The summed E-state index contributed by atoms with van der Waals surface area (Å²) < 4.78 is 0. The molecule has 0 radical (unpaired) electrons. The summed E-state index contributed by atoms with van der Waals surface area (Å²) in [6, 6.07) is 29.9. The molecule has 35 heavy (non-hydrogen) atoms. The third-order valence-electron chi connectivity index (χ3n) is 8.51. The molecule has 0 saturated heterocycles. The Hall–Kier alpha value is -4.17. The van der Waals surface area contributed by atoms with Crippen LogP contribution in [0.25, 0.3) is 22.3 Å². The fourth-order valence-electron chi connectivity index (χ4n) is 7.00. The minimum Gasteiger partial charge on any atom is -0.308 e. The first-order valence-electron chi connectivity index (χ1n) is 12.6. The largest absolute Gasteiger partial charge is 0.308 e. The normalized spacial score (nSPS) is 14.9. The molecule has 4 aliphatic rings. The van der Waals surface area contributed by atoms with Crippen LogP contribution in [0.5, 0.6) is 0 Å². The summed E-state index contributed by atoms with van der Waals surface area (Å²) in [6.45, 7) is 0. The quantitative estimate of drug-likeness (QED) is 0.240. The highest BCUT2D eigenvalue weighted by atomic mass is 15.2. The molecule has 4 aromatic carbocycles. The lowest BCUT2D eigenvalue weighted by molar-refractivity contribution is 0.970. The van der Waals surface area contributed by atoms with E-state index in [0.717, 1.165) is 25.7 Å². The van der Waals surface area contributed by atoms with Crippen LogP contribution in [-0.4, -0.2) is 4.98 Å². The monoisotopic (exact) mass is 446 g/mol. The van der Waals surface area contributed by atoms with Gasteiger partial charge in [0.2, 0.25) is 0 Å². The van der Waals surface area contributed by atoms with Crippen LogP contribution in [-0.2, 0) is 25.7 Å². The van der Waals surface area contributed by atoms with E-state index in [1.54, 1.807) is 0 Å². The number of aromatic nitrogens is 1. The second kappa shape index (κ2) is 6.28. The molecule has 0 N–H and O–H groups in total. The molecule has 164 valence electrons. The molecule has 3 heterocycles. The van der Waals surface area contributed by atoms with Crippen LogP contribution in [0.2, 0.25) is 0 Å². The second-order valence-electron chi connectivity index (χ2n) is 10.4. The van der Waals surface area contributed by atoms with Crippen molar-refractivity contribution in [1.29, 1.82) is 0 Å². The van der Waals surface area contributed by atoms with Crippen molar-refractivity contribution in [2.45, 2.75) is 25.7 Å². The smallest absolute Gasteiger partial charge is 0.0688 e. The van der Waals surface area contributed by atoms with Gasteiger partial charge in [-0.05, 0) is 110 Å². The molecule has 9 rings (SSSR count). The third-order valence-corrected chi connectivity index (χ3v) is 8.51. The van der Waals surface area contributed by atoms with Gasteiger partial charge in [0, 0.05) is 19.0 Å². The first kappa shape index (κ1) is 18.2. The van der Waals surface area contributed by atoms with Crippen molar-refractivity contribution in [3.05, 3.63) is 130 Å². The number of para-hydroxylation sites is 1. The number of pyridine rings is 1. The summed E-state index contributed by atoms with van der Waals surface area (Å²) in [5.41, 5.74) is 20.9. The molecule has 1 aromatic heterocycles. The van der Waals surface area contributed by atoms with Gasteiger partial charge in [0.1, 0.15) is 0 Å². The van der Waals surface area contributed by atoms with Gasteiger partial charge in [0.25, 0.3) is 0 Å². The number of hydrogen-bond acceptors (Lipinski definition) is 2. The fraction of sp³-hybridized carbons (Fsp3) is 0.121. The van der Waals surface area contributed by atoms with Gasteiger partial charge >= 0.3 is 0 Å². The molecule has 0 atom stereocenters. The highest BCUT2D eigenvalue weighted by Gasteiger charge is 2.34. The maximum atomic E-state index is 4.76. The molecule has 2 aliphatic heterocycles. The van der Waals surface area contributed by atoms with Crippen LogP contribution in [0.1, 0.15) is 44.6 Å². The second-order valence-corrected chi connectivity index (χ2v) is 10.4. The lowest BCUT2D eigenvalue weighted by Gasteiger charge is -2.39. The van der Waals surface area contributed by atoms with E-state index in [-0.39, 0.29) is 0 Å². The van der Waals surface area contributed by atoms with E-state index in [0.29, 0.717) is 0 Å².